The topological polar surface area (TPSA) is 75.3 Å². The van der Waals surface area contributed by atoms with E-state index in [0.717, 1.165) is 18.9 Å². The molecule has 0 saturated carbocycles. The minimum atomic E-state index is -0.140. The zero-order valence-electron chi connectivity index (χ0n) is 16.7. The first-order valence-electron chi connectivity index (χ1n) is 8.89. The number of nitrogens with zero attached hydrogens (tertiary/aromatic N) is 3. The zero-order chi connectivity index (χ0) is 18.4. The second-order valence-corrected chi connectivity index (χ2v) is 8.61. The van der Waals surface area contributed by atoms with Gasteiger partial charge in [-0.3, -0.25) is 0 Å². The van der Waals surface area contributed by atoms with Gasteiger partial charge < -0.3 is 15.2 Å². The largest absolute Gasteiger partial charge is 0.357 e. The molecule has 0 fully saturated rings. The molecule has 0 aromatic carbocycles. The fraction of sp³-hybridized carbons (Fsp3) is 0.833. The van der Waals surface area contributed by atoms with E-state index >= 15 is 0 Å². The number of guanidine groups is 1. The van der Waals surface area contributed by atoms with Crippen LogP contribution < -0.4 is 10.6 Å². The van der Waals surface area contributed by atoms with Crippen LogP contribution in [0.5, 0.6) is 0 Å². The van der Waals surface area contributed by atoms with Crippen molar-refractivity contribution in [1.82, 2.24) is 20.8 Å². The lowest BCUT2D eigenvalue weighted by Crippen LogP contribution is -2.42. The molecule has 1 atom stereocenters. The predicted molar refractivity (Wildman–Crippen MR) is 99.1 cm³/mol. The van der Waals surface area contributed by atoms with Crippen LogP contribution in [0.4, 0.5) is 0 Å². The van der Waals surface area contributed by atoms with Crippen LogP contribution in [-0.2, 0) is 12.0 Å². The molecule has 0 saturated heterocycles. The maximum Gasteiger partial charge on any atom is 0.232 e. The van der Waals surface area contributed by atoms with Gasteiger partial charge in [0.25, 0.3) is 0 Å². The molecule has 0 bridgehead atoms. The Morgan fingerprint density at radius 3 is 2.38 bits per heavy atom. The molecule has 1 heterocycles. The first kappa shape index (κ1) is 20.5. The lowest BCUT2D eigenvalue weighted by atomic mass is 9.89. The van der Waals surface area contributed by atoms with Crippen molar-refractivity contribution in [3.05, 3.63) is 11.7 Å². The van der Waals surface area contributed by atoms with Crippen molar-refractivity contribution in [1.29, 1.82) is 0 Å². The van der Waals surface area contributed by atoms with Gasteiger partial charge in [-0.25, -0.2) is 4.99 Å². The van der Waals surface area contributed by atoms with Crippen LogP contribution in [-0.4, -0.2) is 28.7 Å². The Balaban J connectivity index is 2.63. The molecule has 24 heavy (non-hydrogen) atoms. The Labute approximate surface area is 146 Å². The third kappa shape index (κ3) is 7.79. The Morgan fingerprint density at radius 2 is 1.88 bits per heavy atom. The molecule has 2 N–H and O–H groups in total. The quantitative estimate of drug-likeness (QED) is 0.612. The van der Waals surface area contributed by atoms with Gasteiger partial charge in [0.05, 0.1) is 0 Å². The second-order valence-electron chi connectivity index (χ2n) is 8.61. The maximum absolute atomic E-state index is 5.31. The summed E-state index contributed by atoms with van der Waals surface area (Å²) in [4.78, 5) is 8.99. The number of hydrogen-bond donors (Lipinski definition) is 2. The standard InChI is InChI=1S/C18H35N5O/c1-9-19-16(21-13(2)10-11-17(3,4)5)20-12-14-22-15(24-23-14)18(6,7)8/h13H,9-12H2,1-8H3,(H2,19,20,21). The average molecular weight is 338 g/mol. The molecule has 1 rings (SSSR count). The summed E-state index contributed by atoms with van der Waals surface area (Å²) in [5.74, 6) is 2.05. The first-order chi connectivity index (χ1) is 11.0. The minimum absolute atomic E-state index is 0.140. The number of aromatic nitrogens is 2. The van der Waals surface area contributed by atoms with Gasteiger partial charge in [0.1, 0.15) is 6.54 Å². The van der Waals surface area contributed by atoms with Crippen LogP contribution >= 0.6 is 0 Å². The van der Waals surface area contributed by atoms with Gasteiger partial charge in [0, 0.05) is 18.0 Å². The molecule has 0 aliphatic rings. The smallest absolute Gasteiger partial charge is 0.232 e. The molecular weight excluding hydrogens is 302 g/mol. The Kier molecular flexibility index (Phi) is 7.24. The number of rotatable bonds is 6. The van der Waals surface area contributed by atoms with E-state index in [1.807, 2.05) is 0 Å². The number of aliphatic imine (C=N–C) groups is 1. The predicted octanol–water partition coefficient (Wildman–Crippen LogP) is 3.64. The highest BCUT2D eigenvalue weighted by atomic mass is 16.5. The third-order valence-electron chi connectivity index (χ3n) is 3.54. The zero-order valence-corrected chi connectivity index (χ0v) is 16.7. The van der Waals surface area contributed by atoms with Gasteiger partial charge in [-0.1, -0.05) is 46.7 Å². The van der Waals surface area contributed by atoms with E-state index in [1.165, 1.54) is 6.42 Å². The maximum atomic E-state index is 5.31. The van der Waals surface area contributed by atoms with Crippen LogP contribution in [0.15, 0.2) is 9.52 Å². The summed E-state index contributed by atoms with van der Waals surface area (Å²) in [7, 11) is 0. The van der Waals surface area contributed by atoms with Crippen molar-refractivity contribution in [3.63, 3.8) is 0 Å². The van der Waals surface area contributed by atoms with Crippen LogP contribution in [0.2, 0.25) is 0 Å². The normalized spacial score (nSPS) is 14.6. The summed E-state index contributed by atoms with van der Waals surface area (Å²) in [6.45, 7) is 18.4. The molecule has 0 aliphatic heterocycles. The van der Waals surface area contributed by atoms with Crippen LogP contribution in [0.3, 0.4) is 0 Å². The summed E-state index contributed by atoms with van der Waals surface area (Å²) in [6, 6.07) is 0.359. The van der Waals surface area contributed by atoms with Crippen molar-refractivity contribution >= 4 is 5.96 Å². The van der Waals surface area contributed by atoms with E-state index < -0.39 is 0 Å². The third-order valence-corrected chi connectivity index (χ3v) is 3.54. The molecule has 0 aliphatic carbocycles. The van der Waals surface area contributed by atoms with Crippen molar-refractivity contribution < 1.29 is 4.52 Å². The second kappa shape index (κ2) is 8.49. The van der Waals surface area contributed by atoms with Gasteiger partial charge >= 0.3 is 0 Å². The molecule has 0 amide bonds. The highest BCUT2D eigenvalue weighted by molar-refractivity contribution is 5.79. The molecule has 1 aromatic rings. The van der Waals surface area contributed by atoms with Crippen LogP contribution in [0.25, 0.3) is 0 Å². The lowest BCUT2D eigenvalue weighted by Gasteiger charge is -2.23. The van der Waals surface area contributed by atoms with Gasteiger partial charge in [0.15, 0.2) is 11.8 Å². The molecule has 1 unspecified atom stereocenters. The Bertz CT molecular complexity index is 522. The van der Waals surface area contributed by atoms with Crippen molar-refractivity contribution in [2.45, 2.75) is 86.2 Å². The molecule has 1 aromatic heterocycles. The molecule has 0 spiro atoms. The van der Waals surface area contributed by atoms with Gasteiger partial charge in [-0.15, -0.1) is 0 Å². The van der Waals surface area contributed by atoms with E-state index in [1.54, 1.807) is 0 Å². The average Bonchev–Trinajstić information content (AvgIpc) is 2.91. The minimum Gasteiger partial charge on any atom is -0.357 e. The molecule has 138 valence electrons. The van der Waals surface area contributed by atoms with Crippen molar-refractivity contribution in [2.75, 3.05) is 6.54 Å². The fourth-order valence-corrected chi connectivity index (χ4v) is 2.05. The summed E-state index contributed by atoms with van der Waals surface area (Å²) in [5, 5.41) is 10.7. The van der Waals surface area contributed by atoms with Crippen LogP contribution in [0.1, 0.15) is 79.9 Å². The summed E-state index contributed by atoms with van der Waals surface area (Å²) in [6.07, 6.45) is 2.27. The lowest BCUT2D eigenvalue weighted by molar-refractivity contribution is 0.318. The SMILES string of the molecule is CCNC(=NCc1noc(C(C)(C)C)n1)NC(C)CCC(C)(C)C. The summed E-state index contributed by atoms with van der Waals surface area (Å²) < 4.78 is 5.31. The van der Waals surface area contributed by atoms with Crippen molar-refractivity contribution in [2.24, 2.45) is 10.4 Å². The number of nitrogens with one attached hydrogen (secondary N) is 2. The van der Waals surface area contributed by atoms with E-state index in [9.17, 15) is 0 Å². The highest BCUT2D eigenvalue weighted by Gasteiger charge is 2.21. The molecule has 0 radical (unpaired) electrons. The first-order valence-corrected chi connectivity index (χ1v) is 8.89. The monoisotopic (exact) mass is 337 g/mol. The number of hydrogen-bond acceptors (Lipinski definition) is 4. The molecule has 6 nitrogen and oxygen atoms in total. The van der Waals surface area contributed by atoms with Crippen LogP contribution in [0, 0.1) is 5.41 Å². The highest BCUT2D eigenvalue weighted by Crippen LogP contribution is 2.21. The Morgan fingerprint density at radius 1 is 1.21 bits per heavy atom. The summed E-state index contributed by atoms with van der Waals surface area (Å²) in [5.41, 5.74) is 0.207. The Hall–Kier alpha value is -1.59. The fourth-order valence-electron chi connectivity index (χ4n) is 2.05. The van der Waals surface area contributed by atoms with Gasteiger partial charge in [-0.05, 0) is 32.1 Å². The molecule has 6 heteroatoms. The summed E-state index contributed by atoms with van der Waals surface area (Å²) >= 11 is 0. The van der Waals surface area contributed by atoms with Crippen molar-refractivity contribution in [3.8, 4) is 0 Å². The van der Waals surface area contributed by atoms with Gasteiger partial charge in [-0.2, -0.15) is 4.98 Å². The van der Waals surface area contributed by atoms with Gasteiger partial charge in [0.2, 0.25) is 5.89 Å². The molecular formula is C18H35N5O. The van der Waals surface area contributed by atoms with E-state index in [2.05, 4.69) is 81.2 Å². The van der Waals surface area contributed by atoms with E-state index in [0.29, 0.717) is 29.7 Å². The van der Waals surface area contributed by atoms with E-state index in [-0.39, 0.29) is 5.41 Å². The van der Waals surface area contributed by atoms with E-state index in [4.69, 9.17) is 4.52 Å².